The Hall–Kier alpha value is -1.44. The fraction of sp³-hybridized carbons (Fsp3) is 0.643. The first-order chi connectivity index (χ1) is 14.7. The summed E-state index contributed by atoms with van der Waals surface area (Å²) in [6, 6.07) is 4.20. The first-order valence-corrected chi connectivity index (χ1v) is 12.5. The van der Waals surface area contributed by atoms with Gasteiger partial charge in [0.25, 0.3) is 0 Å². The van der Waals surface area contributed by atoms with E-state index in [1.165, 1.54) is 95.6 Å². The van der Waals surface area contributed by atoms with Crippen molar-refractivity contribution in [1.29, 1.82) is 0 Å². The highest BCUT2D eigenvalue weighted by molar-refractivity contribution is 5.74. The van der Waals surface area contributed by atoms with Crippen molar-refractivity contribution in [3.63, 3.8) is 0 Å². The number of hydrogen-bond acceptors (Lipinski definition) is 0. The van der Waals surface area contributed by atoms with E-state index in [0.29, 0.717) is 5.92 Å². The molecule has 166 valence electrons. The predicted octanol–water partition coefficient (Wildman–Crippen LogP) is 9.26. The normalized spacial score (nSPS) is 24.1. The lowest BCUT2D eigenvalue weighted by Crippen LogP contribution is -2.21. The number of allylic oxidation sites excluding steroid dienone is 4. The Bertz CT molecular complexity index is 695. The predicted molar refractivity (Wildman–Crippen MR) is 124 cm³/mol. The van der Waals surface area contributed by atoms with Crippen LogP contribution in [0.1, 0.15) is 102 Å². The van der Waals surface area contributed by atoms with Crippen LogP contribution in [0.5, 0.6) is 0 Å². The molecule has 0 aromatic heterocycles. The molecule has 0 amide bonds. The van der Waals surface area contributed by atoms with Crippen molar-refractivity contribution in [3.8, 4) is 0 Å². The smallest absolute Gasteiger partial charge is 0.159 e. The van der Waals surface area contributed by atoms with E-state index in [-0.39, 0.29) is 0 Å². The van der Waals surface area contributed by atoms with Gasteiger partial charge in [0, 0.05) is 0 Å². The van der Waals surface area contributed by atoms with Gasteiger partial charge >= 0.3 is 0 Å². The van der Waals surface area contributed by atoms with Crippen molar-refractivity contribution < 1.29 is 8.78 Å². The van der Waals surface area contributed by atoms with Crippen LogP contribution in [0.3, 0.4) is 0 Å². The Morgan fingerprint density at radius 2 is 1.53 bits per heavy atom. The van der Waals surface area contributed by atoms with Crippen molar-refractivity contribution in [2.24, 2.45) is 17.8 Å². The molecular weight excluding hydrogens is 374 g/mol. The van der Waals surface area contributed by atoms with Crippen LogP contribution >= 0.6 is 0 Å². The molecule has 0 heterocycles. The van der Waals surface area contributed by atoms with E-state index in [1.54, 1.807) is 6.07 Å². The molecule has 0 nitrogen and oxygen atoms in total. The van der Waals surface area contributed by atoms with Gasteiger partial charge in [-0.25, -0.2) is 8.78 Å². The molecule has 2 aliphatic carbocycles. The highest BCUT2D eigenvalue weighted by atomic mass is 19.2. The van der Waals surface area contributed by atoms with Crippen LogP contribution in [0.2, 0.25) is 0 Å². The van der Waals surface area contributed by atoms with Gasteiger partial charge in [0.05, 0.1) is 0 Å². The summed E-state index contributed by atoms with van der Waals surface area (Å²) in [6.07, 6.45) is 25.9. The molecule has 2 aliphatic rings. The average molecular weight is 415 g/mol. The van der Waals surface area contributed by atoms with Gasteiger partial charge in [0.1, 0.15) is 0 Å². The van der Waals surface area contributed by atoms with Crippen LogP contribution in [0.15, 0.2) is 36.4 Å². The molecule has 0 N–H and O–H groups in total. The van der Waals surface area contributed by atoms with Gasteiger partial charge in [-0.05, 0) is 60.3 Å². The maximum Gasteiger partial charge on any atom is 0.159 e. The second-order valence-electron chi connectivity index (χ2n) is 9.59. The zero-order valence-electron chi connectivity index (χ0n) is 18.9. The third-order valence-corrected chi connectivity index (χ3v) is 7.35. The summed E-state index contributed by atoms with van der Waals surface area (Å²) in [5.41, 5.74) is 1.80. The summed E-state index contributed by atoms with van der Waals surface area (Å²) >= 11 is 0. The molecule has 0 spiro atoms. The molecule has 1 unspecified atom stereocenters. The number of unbranched alkanes of at least 4 members (excludes halogenated alkanes) is 7. The van der Waals surface area contributed by atoms with Crippen LogP contribution < -0.4 is 0 Å². The quantitative estimate of drug-likeness (QED) is 0.316. The van der Waals surface area contributed by atoms with Gasteiger partial charge in [-0.3, -0.25) is 0 Å². The molecule has 0 bridgehead atoms. The van der Waals surface area contributed by atoms with E-state index in [9.17, 15) is 8.78 Å². The minimum Gasteiger partial charge on any atom is -0.204 e. The molecule has 0 aliphatic heterocycles. The second-order valence-corrected chi connectivity index (χ2v) is 9.59. The lowest BCUT2D eigenvalue weighted by Gasteiger charge is -2.33. The molecule has 1 saturated carbocycles. The van der Waals surface area contributed by atoms with E-state index in [4.69, 9.17) is 0 Å². The number of halogens is 2. The van der Waals surface area contributed by atoms with Crippen molar-refractivity contribution in [2.75, 3.05) is 0 Å². The zero-order chi connectivity index (χ0) is 21.2. The summed E-state index contributed by atoms with van der Waals surface area (Å²) in [5, 5.41) is 0. The summed E-state index contributed by atoms with van der Waals surface area (Å²) < 4.78 is 26.7. The minimum atomic E-state index is -0.777. The Labute approximate surface area is 182 Å². The molecule has 0 radical (unpaired) electrons. The van der Waals surface area contributed by atoms with E-state index in [2.05, 4.69) is 25.2 Å². The maximum absolute atomic E-state index is 13.5. The minimum absolute atomic E-state index is 0.614. The molecule has 1 aromatic rings. The topological polar surface area (TPSA) is 0 Å². The number of benzene rings is 1. The van der Waals surface area contributed by atoms with Crippen LogP contribution in [0, 0.1) is 29.4 Å². The Morgan fingerprint density at radius 1 is 0.833 bits per heavy atom. The highest BCUT2D eigenvalue weighted by Gasteiger charge is 2.26. The first kappa shape index (κ1) is 23.2. The fourth-order valence-corrected chi connectivity index (χ4v) is 5.35. The van der Waals surface area contributed by atoms with Crippen LogP contribution in [0.25, 0.3) is 5.57 Å². The average Bonchev–Trinajstić information content (AvgIpc) is 2.78. The largest absolute Gasteiger partial charge is 0.204 e. The van der Waals surface area contributed by atoms with Crippen LogP contribution in [-0.2, 0) is 0 Å². The van der Waals surface area contributed by atoms with Crippen LogP contribution in [0.4, 0.5) is 8.78 Å². The van der Waals surface area contributed by atoms with Gasteiger partial charge in [-0.2, -0.15) is 0 Å². The summed E-state index contributed by atoms with van der Waals surface area (Å²) in [7, 11) is 0. The number of hydrogen-bond donors (Lipinski definition) is 0. The lowest BCUT2D eigenvalue weighted by atomic mass is 9.72. The Balaban J connectivity index is 1.32. The van der Waals surface area contributed by atoms with E-state index in [1.807, 2.05) is 0 Å². The van der Waals surface area contributed by atoms with Crippen molar-refractivity contribution in [1.82, 2.24) is 0 Å². The molecule has 2 heteroatoms. The third kappa shape index (κ3) is 7.06. The van der Waals surface area contributed by atoms with E-state index in [0.717, 1.165) is 29.4 Å². The SMILES string of the molecule is CCCCCCCCCCC1CCC(C2C=CC(c3ccc(F)c(F)c3)=CC2)CC1. The lowest BCUT2D eigenvalue weighted by molar-refractivity contribution is 0.218. The number of rotatable bonds is 11. The fourth-order valence-electron chi connectivity index (χ4n) is 5.35. The van der Waals surface area contributed by atoms with Gasteiger partial charge < -0.3 is 0 Å². The van der Waals surface area contributed by atoms with Crippen LogP contribution in [-0.4, -0.2) is 0 Å². The van der Waals surface area contributed by atoms with Gasteiger partial charge in [-0.15, -0.1) is 0 Å². The van der Waals surface area contributed by atoms with E-state index < -0.39 is 11.6 Å². The summed E-state index contributed by atoms with van der Waals surface area (Å²) in [5.74, 6) is 0.809. The molecule has 0 saturated heterocycles. The van der Waals surface area contributed by atoms with Crippen molar-refractivity contribution in [3.05, 3.63) is 53.6 Å². The first-order valence-electron chi connectivity index (χ1n) is 12.5. The van der Waals surface area contributed by atoms with Gasteiger partial charge in [0.15, 0.2) is 11.6 Å². The Morgan fingerprint density at radius 3 is 2.17 bits per heavy atom. The summed E-state index contributed by atoms with van der Waals surface area (Å²) in [6.45, 7) is 2.28. The van der Waals surface area contributed by atoms with Gasteiger partial charge in [-0.1, -0.05) is 102 Å². The van der Waals surface area contributed by atoms with Crippen molar-refractivity contribution in [2.45, 2.75) is 96.8 Å². The molecule has 1 atom stereocenters. The molecule has 1 aromatic carbocycles. The zero-order valence-corrected chi connectivity index (χ0v) is 18.9. The summed E-state index contributed by atoms with van der Waals surface area (Å²) in [4.78, 5) is 0. The molecule has 1 fully saturated rings. The van der Waals surface area contributed by atoms with Crippen molar-refractivity contribution >= 4 is 5.57 Å². The second kappa shape index (κ2) is 12.4. The monoisotopic (exact) mass is 414 g/mol. The standard InChI is InChI=1S/C28H40F2/c1-2-3-4-5-6-7-8-9-10-22-11-13-23(14-12-22)24-15-17-25(18-16-24)26-19-20-27(29)28(30)21-26/h15,17-24H,2-14,16H2,1H3. The highest BCUT2D eigenvalue weighted by Crippen LogP contribution is 2.39. The van der Waals surface area contributed by atoms with Gasteiger partial charge in [0.2, 0.25) is 0 Å². The molecule has 30 heavy (non-hydrogen) atoms. The third-order valence-electron chi connectivity index (χ3n) is 7.35. The Kier molecular flexibility index (Phi) is 9.62. The molecule has 3 rings (SSSR count). The molecular formula is C28H40F2. The maximum atomic E-state index is 13.5. The van der Waals surface area contributed by atoms with E-state index >= 15 is 0 Å².